The van der Waals surface area contributed by atoms with E-state index in [0.29, 0.717) is 30.6 Å². The zero-order valence-corrected chi connectivity index (χ0v) is 21.5. The minimum Gasteiger partial charge on any atom is -0.459 e. The van der Waals surface area contributed by atoms with Crippen LogP contribution in [0.5, 0.6) is 0 Å². The fraction of sp³-hybridized carbons (Fsp3) is 0.759. The third-order valence-corrected chi connectivity index (χ3v) is 9.20. The maximum atomic E-state index is 13.0. The van der Waals surface area contributed by atoms with Gasteiger partial charge in [0.2, 0.25) is 0 Å². The Balaban J connectivity index is 1.47. The Labute approximate surface area is 204 Å². The number of carbonyl (C=O) groups excluding carboxylic acids is 3. The molecule has 188 valence electrons. The van der Waals surface area contributed by atoms with Crippen LogP contribution in [0.1, 0.15) is 105 Å². The molecule has 2 fully saturated rings. The van der Waals surface area contributed by atoms with E-state index in [0.717, 1.165) is 64.2 Å². The summed E-state index contributed by atoms with van der Waals surface area (Å²) in [6.07, 6.45) is 11.8. The lowest BCUT2D eigenvalue weighted by Crippen LogP contribution is -2.45. The highest BCUT2D eigenvalue weighted by Gasteiger charge is 2.58. The number of fused-ring (bicyclic) bond motifs is 4. The molecule has 0 radical (unpaired) electrons. The molecule has 4 rings (SSSR count). The molecule has 0 N–H and O–H groups in total. The first kappa shape index (κ1) is 25.2. The Kier molecular flexibility index (Phi) is 7.69. The van der Waals surface area contributed by atoms with Crippen LogP contribution in [0.3, 0.4) is 0 Å². The Hall–Kier alpha value is -1.91. The predicted octanol–water partition coefficient (Wildman–Crippen LogP) is 6.25. The van der Waals surface area contributed by atoms with E-state index >= 15 is 0 Å². The monoisotopic (exact) mass is 470 g/mol. The van der Waals surface area contributed by atoms with Gasteiger partial charge in [0.05, 0.1) is 0 Å². The largest absolute Gasteiger partial charge is 0.459 e. The van der Waals surface area contributed by atoms with Crippen LogP contribution in [-0.2, 0) is 23.9 Å². The third-order valence-electron chi connectivity index (χ3n) is 9.20. The maximum absolute atomic E-state index is 13.0. The summed E-state index contributed by atoms with van der Waals surface area (Å²) in [6.45, 7) is 8.24. The zero-order chi connectivity index (χ0) is 24.5. The van der Waals surface area contributed by atoms with Gasteiger partial charge in [0.15, 0.2) is 11.9 Å². The van der Waals surface area contributed by atoms with Crippen LogP contribution in [-0.4, -0.2) is 29.9 Å². The van der Waals surface area contributed by atoms with Crippen molar-refractivity contribution < 1.29 is 23.9 Å². The molecule has 5 heteroatoms. The summed E-state index contributed by atoms with van der Waals surface area (Å²) < 4.78 is 11.6. The average Bonchev–Trinajstić information content (AvgIpc) is 3.10. The van der Waals surface area contributed by atoms with Crippen LogP contribution in [0, 0.1) is 23.2 Å². The number of unbranched alkanes of at least 4 members (excludes halogenated alkanes) is 2. The molecular formula is C29H42O5. The van der Waals surface area contributed by atoms with Crippen LogP contribution in [0.2, 0.25) is 0 Å². The number of ether oxygens (including phenoxy) is 2. The Morgan fingerprint density at radius 3 is 2.68 bits per heavy atom. The second kappa shape index (κ2) is 10.4. The zero-order valence-electron chi connectivity index (χ0n) is 21.5. The van der Waals surface area contributed by atoms with E-state index in [-0.39, 0.29) is 23.3 Å². The van der Waals surface area contributed by atoms with Gasteiger partial charge in [-0.05, 0) is 93.3 Å². The van der Waals surface area contributed by atoms with Gasteiger partial charge in [-0.2, -0.15) is 0 Å². The summed E-state index contributed by atoms with van der Waals surface area (Å²) in [7, 11) is 0. The lowest BCUT2D eigenvalue weighted by Gasteiger charge is -2.48. The molecule has 4 aliphatic carbocycles. The lowest BCUT2D eigenvalue weighted by molar-refractivity contribution is -0.177. The van der Waals surface area contributed by atoms with Crippen LogP contribution < -0.4 is 0 Å². The van der Waals surface area contributed by atoms with Crippen molar-refractivity contribution in [3.63, 3.8) is 0 Å². The molecule has 6 atom stereocenters. The van der Waals surface area contributed by atoms with Gasteiger partial charge in [-0.1, -0.05) is 39.2 Å². The summed E-state index contributed by atoms with van der Waals surface area (Å²) in [4.78, 5) is 37.1. The van der Waals surface area contributed by atoms with Crippen molar-refractivity contribution in [2.45, 2.75) is 117 Å². The molecule has 4 aliphatic rings. The van der Waals surface area contributed by atoms with Gasteiger partial charge < -0.3 is 9.47 Å². The molecule has 0 saturated heterocycles. The maximum Gasteiger partial charge on any atom is 0.347 e. The number of carbonyl (C=O) groups is 3. The molecule has 1 unspecified atom stereocenters. The molecule has 34 heavy (non-hydrogen) atoms. The number of rotatable bonds is 8. The summed E-state index contributed by atoms with van der Waals surface area (Å²) in [5.41, 5.74) is 4.29. The first-order chi connectivity index (χ1) is 16.3. The highest BCUT2D eigenvalue weighted by atomic mass is 16.6. The Morgan fingerprint density at radius 1 is 1.15 bits per heavy atom. The van der Waals surface area contributed by atoms with E-state index < -0.39 is 12.1 Å². The molecule has 0 aromatic heterocycles. The van der Waals surface area contributed by atoms with Crippen LogP contribution >= 0.6 is 0 Å². The molecule has 5 nitrogen and oxygen atoms in total. The predicted molar refractivity (Wildman–Crippen MR) is 131 cm³/mol. The van der Waals surface area contributed by atoms with Crippen LogP contribution in [0.4, 0.5) is 0 Å². The standard InChI is InChI=1S/C29H42O5/c1-5-7-8-9-26(31)33-18(3)28(32)34-27-19(6-2)17-25-24-12-10-20-16-21(30)11-13-22(20)23(24)14-15-29(25,27)4/h16,18-19,24-25,27H,5-15,17H2,1-4H3/t18?,19-,24+,25-,27-,29-/m0/s1. The molecule has 0 bridgehead atoms. The van der Waals surface area contributed by atoms with Gasteiger partial charge in [0, 0.05) is 18.3 Å². The number of hydrogen-bond donors (Lipinski definition) is 0. The van der Waals surface area contributed by atoms with E-state index in [2.05, 4.69) is 20.8 Å². The minimum atomic E-state index is -0.863. The molecule has 2 saturated carbocycles. The number of allylic oxidation sites excluding steroid dienone is 4. The van der Waals surface area contributed by atoms with Crippen LogP contribution in [0.25, 0.3) is 0 Å². The second-order valence-electron chi connectivity index (χ2n) is 11.2. The van der Waals surface area contributed by atoms with Crippen molar-refractivity contribution in [1.29, 1.82) is 0 Å². The van der Waals surface area contributed by atoms with Crippen molar-refractivity contribution in [2.75, 3.05) is 0 Å². The third kappa shape index (κ3) is 4.77. The van der Waals surface area contributed by atoms with Gasteiger partial charge in [-0.15, -0.1) is 0 Å². The van der Waals surface area contributed by atoms with Crippen LogP contribution in [0.15, 0.2) is 22.8 Å². The summed E-state index contributed by atoms with van der Waals surface area (Å²) >= 11 is 0. The summed E-state index contributed by atoms with van der Waals surface area (Å²) in [5, 5.41) is 0. The Morgan fingerprint density at radius 2 is 1.94 bits per heavy atom. The highest BCUT2D eigenvalue weighted by Crippen LogP contribution is 2.62. The van der Waals surface area contributed by atoms with Gasteiger partial charge in [0.1, 0.15) is 6.10 Å². The van der Waals surface area contributed by atoms with Crippen molar-refractivity contribution in [1.82, 2.24) is 0 Å². The molecule has 0 aliphatic heterocycles. The first-order valence-electron chi connectivity index (χ1n) is 13.6. The Bertz CT molecular complexity index is 883. The van der Waals surface area contributed by atoms with E-state index in [9.17, 15) is 14.4 Å². The normalized spacial score (nSPS) is 33.4. The van der Waals surface area contributed by atoms with Gasteiger partial charge in [-0.3, -0.25) is 9.59 Å². The quantitative estimate of drug-likeness (QED) is 0.310. The molecular weight excluding hydrogens is 428 g/mol. The second-order valence-corrected chi connectivity index (χ2v) is 11.2. The van der Waals surface area contributed by atoms with E-state index in [1.165, 1.54) is 11.1 Å². The van der Waals surface area contributed by atoms with Crippen molar-refractivity contribution >= 4 is 17.7 Å². The molecule has 0 amide bonds. The molecule has 0 aromatic rings. The molecule has 0 spiro atoms. The summed E-state index contributed by atoms with van der Waals surface area (Å²) in [5.74, 6) is 0.922. The van der Waals surface area contributed by atoms with Gasteiger partial charge in [0.25, 0.3) is 0 Å². The summed E-state index contributed by atoms with van der Waals surface area (Å²) in [6, 6.07) is 0. The fourth-order valence-corrected chi connectivity index (χ4v) is 7.32. The SMILES string of the molecule is CCCCCC(=O)OC(C)C(=O)O[C@H]1[C@@H](CC)C[C@H]2[C@@H]3CCC4=CC(=O)CCC4=C3CC[C@@]21C. The van der Waals surface area contributed by atoms with E-state index in [1.807, 2.05) is 6.08 Å². The molecule has 0 heterocycles. The lowest BCUT2D eigenvalue weighted by atomic mass is 9.57. The minimum absolute atomic E-state index is 0.0539. The smallest absolute Gasteiger partial charge is 0.347 e. The highest BCUT2D eigenvalue weighted by molar-refractivity contribution is 5.93. The molecule has 0 aromatic carbocycles. The topological polar surface area (TPSA) is 69.7 Å². The van der Waals surface area contributed by atoms with E-state index in [1.54, 1.807) is 12.5 Å². The van der Waals surface area contributed by atoms with Crippen molar-refractivity contribution in [3.05, 3.63) is 22.8 Å². The van der Waals surface area contributed by atoms with Gasteiger partial charge >= 0.3 is 11.9 Å². The fourth-order valence-electron chi connectivity index (χ4n) is 7.32. The van der Waals surface area contributed by atoms with Gasteiger partial charge in [-0.25, -0.2) is 4.79 Å². The van der Waals surface area contributed by atoms with Crippen molar-refractivity contribution in [3.8, 4) is 0 Å². The van der Waals surface area contributed by atoms with Crippen molar-refractivity contribution in [2.24, 2.45) is 23.2 Å². The number of esters is 2. The van der Waals surface area contributed by atoms with E-state index in [4.69, 9.17) is 9.47 Å². The number of hydrogen-bond acceptors (Lipinski definition) is 5. The first-order valence-corrected chi connectivity index (χ1v) is 13.6. The average molecular weight is 471 g/mol. The number of ketones is 1.